The molecule has 146 valence electrons. The van der Waals surface area contributed by atoms with Crippen LogP contribution in [0.1, 0.15) is 17.3 Å². The Balaban J connectivity index is 1.64. The summed E-state index contributed by atoms with van der Waals surface area (Å²) in [5.41, 5.74) is 1.63. The lowest BCUT2D eigenvalue weighted by molar-refractivity contribution is 0.298. The van der Waals surface area contributed by atoms with Gasteiger partial charge in [0.15, 0.2) is 0 Å². The fourth-order valence-corrected chi connectivity index (χ4v) is 5.68. The highest BCUT2D eigenvalue weighted by Crippen LogP contribution is 2.37. The molecule has 0 N–H and O–H groups in total. The van der Waals surface area contributed by atoms with Crippen LogP contribution in [0.15, 0.2) is 90.0 Å². The molecule has 0 bridgehead atoms. The van der Waals surface area contributed by atoms with Crippen LogP contribution in [0.2, 0.25) is 0 Å². The minimum Gasteiger partial charge on any atom is -0.348 e. The van der Waals surface area contributed by atoms with Crippen molar-refractivity contribution in [3.05, 3.63) is 102 Å². The van der Waals surface area contributed by atoms with Gasteiger partial charge in [0, 0.05) is 25.0 Å². The maximum Gasteiger partial charge on any atom is 0.244 e. The maximum absolute atomic E-state index is 13.7. The van der Waals surface area contributed by atoms with Gasteiger partial charge in [-0.1, -0.05) is 42.5 Å². The number of sulfonamides is 1. The molecule has 0 radical (unpaired) electrons. The highest BCUT2D eigenvalue weighted by atomic mass is 32.2. The first kappa shape index (κ1) is 18.1. The number of rotatable bonds is 3. The van der Waals surface area contributed by atoms with Gasteiger partial charge in [0.25, 0.3) is 0 Å². The summed E-state index contributed by atoms with van der Waals surface area (Å²) in [4.78, 5) is 0.267. The van der Waals surface area contributed by atoms with Crippen molar-refractivity contribution in [3.63, 3.8) is 0 Å². The highest BCUT2D eigenvalue weighted by molar-refractivity contribution is 7.89. The van der Waals surface area contributed by atoms with Gasteiger partial charge < -0.3 is 4.57 Å². The summed E-state index contributed by atoms with van der Waals surface area (Å²) in [5.74, 6) is -0.344. The molecule has 29 heavy (non-hydrogen) atoms. The quantitative estimate of drug-likeness (QED) is 0.500. The molecule has 4 nitrogen and oxygen atoms in total. The van der Waals surface area contributed by atoms with Crippen LogP contribution < -0.4 is 0 Å². The predicted octanol–water partition coefficient (Wildman–Crippen LogP) is 4.57. The lowest BCUT2D eigenvalue weighted by Gasteiger charge is -2.36. The average Bonchev–Trinajstić information content (AvgIpc) is 3.22. The van der Waals surface area contributed by atoms with Gasteiger partial charge in [-0.2, -0.15) is 4.31 Å². The Morgan fingerprint density at radius 1 is 0.828 bits per heavy atom. The second-order valence-corrected chi connectivity index (χ2v) is 9.10. The molecule has 1 unspecified atom stereocenters. The average molecular weight is 406 g/mol. The molecule has 0 amide bonds. The first-order valence-electron chi connectivity index (χ1n) is 9.45. The molecule has 1 aliphatic heterocycles. The van der Waals surface area contributed by atoms with Crippen molar-refractivity contribution in [2.45, 2.75) is 17.5 Å². The summed E-state index contributed by atoms with van der Waals surface area (Å²) in [6.07, 6.45) is 1.95. The molecule has 2 heterocycles. The van der Waals surface area contributed by atoms with Gasteiger partial charge in [-0.15, -0.1) is 0 Å². The van der Waals surface area contributed by atoms with Gasteiger partial charge in [-0.3, -0.25) is 0 Å². The summed E-state index contributed by atoms with van der Waals surface area (Å²) < 4.78 is 44.4. The number of aromatic nitrogens is 1. The van der Waals surface area contributed by atoms with Crippen molar-refractivity contribution in [2.75, 3.05) is 6.54 Å². The van der Waals surface area contributed by atoms with Crippen LogP contribution in [0.4, 0.5) is 4.39 Å². The molecule has 0 spiro atoms. The summed E-state index contributed by atoms with van der Waals surface area (Å²) in [7, 11) is -3.76. The summed E-state index contributed by atoms with van der Waals surface area (Å²) >= 11 is 0. The molecular weight excluding hydrogens is 387 g/mol. The third-order valence-electron chi connectivity index (χ3n) is 5.51. The number of benzene rings is 3. The zero-order valence-corrected chi connectivity index (χ0v) is 16.4. The smallest absolute Gasteiger partial charge is 0.244 e. The normalized spacial score (nSPS) is 17.3. The van der Waals surface area contributed by atoms with E-state index in [9.17, 15) is 12.8 Å². The van der Waals surface area contributed by atoms with E-state index in [1.807, 2.05) is 48.7 Å². The van der Waals surface area contributed by atoms with E-state index in [-0.39, 0.29) is 10.7 Å². The summed E-state index contributed by atoms with van der Waals surface area (Å²) in [6.45, 7) is 0.922. The van der Waals surface area contributed by atoms with Crippen LogP contribution in [-0.2, 0) is 16.6 Å². The predicted molar refractivity (Wildman–Crippen MR) is 111 cm³/mol. The first-order valence-corrected chi connectivity index (χ1v) is 10.9. The number of hydrogen-bond donors (Lipinski definition) is 0. The summed E-state index contributed by atoms with van der Waals surface area (Å²) in [5, 5.41) is 1.88. The standard InChI is InChI=1S/C23H19FN2O2S/c24-20-10-7-18(8-11-20)23-22-6-3-13-25(22)14-15-26(23)29(27,28)21-12-9-17-4-1-2-5-19(17)16-21/h1-13,16,23H,14-15H2. The number of fused-ring (bicyclic) bond motifs is 2. The lowest BCUT2D eigenvalue weighted by atomic mass is 10.0. The van der Waals surface area contributed by atoms with Gasteiger partial charge in [0.1, 0.15) is 5.82 Å². The molecule has 1 aromatic heterocycles. The van der Waals surface area contributed by atoms with Crippen LogP contribution in [0.3, 0.4) is 0 Å². The van der Waals surface area contributed by atoms with Gasteiger partial charge >= 0.3 is 0 Å². The van der Waals surface area contributed by atoms with Crippen LogP contribution >= 0.6 is 0 Å². The molecule has 0 fully saturated rings. The molecule has 0 aliphatic carbocycles. The van der Waals surface area contributed by atoms with Gasteiger partial charge in [-0.05, 0) is 52.7 Å². The second-order valence-electron chi connectivity index (χ2n) is 7.21. The molecule has 0 saturated heterocycles. The zero-order valence-electron chi connectivity index (χ0n) is 15.6. The Morgan fingerprint density at radius 2 is 1.59 bits per heavy atom. The molecule has 3 aromatic carbocycles. The largest absolute Gasteiger partial charge is 0.348 e. The fourth-order valence-electron chi connectivity index (χ4n) is 4.07. The topological polar surface area (TPSA) is 42.3 Å². The van der Waals surface area contributed by atoms with Gasteiger partial charge in [0.2, 0.25) is 10.0 Å². The third-order valence-corrected chi connectivity index (χ3v) is 7.37. The maximum atomic E-state index is 13.7. The zero-order chi connectivity index (χ0) is 20.0. The van der Waals surface area contributed by atoms with E-state index >= 15 is 0 Å². The Hall–Kier alpha value is -2.96. The molecular formula is C23H19FN2O2S. The minimum absolute atomic E-state index is 0.267. The number of hydrogen-bond acceptors (Lipinski definition) is 2. The third kappa shape index (κ3) is 3.05. The molecule has 4 aromatic rings. The van der Waals surface area contributed by atoms with Gasteiger partial charge in [0.05, 0.1) is 10.9 Å². The Labute approximate surface area is 168 Å². The molecule has 6 heteroatoms. The van der Waals surface area contributed by atoms with E-state index in [2.05, 4.69) is 4.57 Å². The van der Waals surface area contributed by atoms with Crippen LogP contribution in [0.5, 0.6) is 0 Å². The molecule has 1 aliphatic rings. The Bertz CT molecular complexity index is 1300. The van der Waals surface area contributed by atoms with Crippen LogP contribution in [0.25, 0.3) is 10.8 Å². The fraction of sp³-hybridized carbons (Fsp3) is 0.130. The van der Waals surface area contributed by atoms with Crippen molar-refractivity contribution >= 4 is 20.8 Å². The van der Waals surface area contributed by atoms with Crippen molar-refractivity contribution in [1.29, 1.82) is 0 Å². The monoisotopic (exact) mass is 406 g/mol. The van der Waals surface area contributed by atoms with E-state index in [4.69, 9.17) is 0 Å². The highest BCUT2D eigenvalue weighted by Gasteiger charge is 2.37. The van der Waals surface area contributed by atoms with Gasteiger partial charge in [-0.25, -0.2) is 12.8 Å². The summed E-state index contributed by atoms with van der Waals surface area (Å²) in [6, 6.07) is 22.3. The van der Waals surface area contributed by atoms with Crippen LogP contribution in [0, 0.1) is 5.82 Å². The van der Waals surface area contributed by atoms with E-state index < -0.39 is 16.1 Å². The Kier molecular flexibility index (Phi) is 4.26. The number of nitrogens with zero attached hydrogens (tertiary/aromatic N) is 2. The van der Waals surface area contributed by atoms with E-state index in [0.717, 1.165) is 22.0 Å². The van der Waals surface area contributed by atoms with E-state index in [0.29, 0.717) is 13.1 Å². The Morgan fingerprint density at radius 3 is 2.38 bits per heavy atom. The molecule has 5 rings (SSSR count). The SMILES string of the molecule is O=S(=O)(c1ccc2ccccc2c1)N1CCn2cccc2C1c1ccc(F)cc1. The molecule has 0 saturated carbocycles. The van der Waals surface area contributed by atoms with Crippen LogP contribution in [-0.4, -0.2) is 23.8 Å². The van der Waals surface area contributed by atoms with Crippen molar-refractivity contribution in [2.24, 2.45) is 0 Å². The lowest BCUT2D eigenvalue weighted by Crippen LogP contribution is -2.42. The van der Waals surface area contributed by atoms with Crippen molar-refractivity contribution in [1.82, 2.24) is 8.87 Å². The second kappa shape index (κ2) is 6.83. The first-order chi connectivity index (χ1) is 14.0. The van der Waals surface area contributed by atoms with E-state index in [1.165, 1.54) is 16.4 Å². The number of halogens is 1. The van der Waals surface area contributed by atoms with Crippen molar-refractivity contribution < 1.29 is 12.8 Å². The minimum atomic E-state index is -3.76. The van der Waals surface area contributed by atoms with E-state index in [1.54, 1.807) is 24.3 Å². The molecule has 1 atom stereocenters. The van der Waals surface area contributed by atoms with Crippen molar-refractivity contribution in [3.8, 4) is 0 Å².